The number of amides is 1. The third-order valence-electron chi connectivity index (χ3n) is 5.78. The molecule has 29 heavy (non-hydrogen) atoms. The van der Waals surface area contributed by atoms with Gasteiger partial charge in [-0.2, -0.15) is 5.10 Å². The number of nitrogens with one attached hydrogen (secondary N) is 3. The smallest absolute Gasteiger partial charge is 0.251 e. The molecule has 1 amide bonds. The zero-order valence-electron chi connectivity index (χ0n) is 16.2. The topological polar surface area (TPSA) is 74.2 Å². The molecule has 0 aliphatic carbocycles. The van der Waals surface area contributed by atoms with Gasteiger partial charge in [-0.05, 0) is 49.1 Å². The van der Waals surface area contributed by atoms with Gasteiger partial charge in [0.25, 0.3) is 5.91 Å². The zero-order chi connectivity index (χ0) is 20.0. The average molecular weight is 394 g/mol. The lowest BCUT2D eigenvalue weighted by Crippen LogP contribution is -2.39. The summed E-state index contributed by atoms with van der Waals surface area (Å²) in [5.74, 6) is -0.531. The number of allylic oxidation sites excluding steroid dienone is 1. The van der Waals surface area contributed by atoms with Gasteiger partial charge in [0.15, 0.2) is 0 Å². The molecule has 150 valence electrons. The fourth-order valence-electron chi connectivity index (χ4n) is 4.45. The number of fused-ring (bicyclic) bond motifs is 7. The minimum absolute atomic E-state index is 0.0587. The standard InChI is InChI=1S/C21H23FN6O/c1-27-12-17-18-9-14(10-24-25-18)28-7-3-2-4-20(28)16-8-13(22)5-6-15(16)21(29)23-11-19(17)26-27/h5-6,8-10,12,20,24-25H,2-4,7,11H2,1H3,(H,23,29). The molecule has 8 heteroatoms. The molecule has 1 saturated heterocycles. The van der Waals surface area contributed by atoms with E-state index in [1.54, 1.807) is 10.7 Å². The summed E-state index contributed by atoms with van der Waals surface area (Å²) in [6.45, 7) is 1.14. The number of hydrogen-bond donors (Lipinski definition) is 3. The van der Waals surface area contributed by atoms with Gasteiger partial charge in [-0.3, -0.25) is 9.48 Å². The van der Waals surface area contributed by atoms with E-state index in [1.807, 2.05) is 19.4 Å². The molecule has 1 aromatic heterocycles. The van der Waals surface area contributed by atoms with Gasteiger partial charge in [-0.25, -0.2) is 4.39 Å². The minimum atomic E-state index is -0.324. The molecule has 1 fully saturated rings. The van der Waals surface area contributed by atoms with Crippen molar-refractivity contribution < 1.29 is 9.18 Å². The molecule has 2 aromatic rings. The molecule has 3 aliphatic rings. The number of aromatic nitrogens is 2. The van der Waals surface area contributed by atoms with Crippen molar-refractivity contribution in [2.75, 3.05) is 6.54 Å². The number of halogens is 1. The Labute approximate surface area is 168 Å². The highest BCUT2D eigenvalue weighted by Gasteiger charge is 2.30. The lowest BCUT2D eigenvalue weighted by molar-refractivity contribution is 0.0945. The van der Waals surface area contributed by atoms with Crippen molar-refractivity contribution in [1.82, 2.24) is 30.8 Å². The lowest BCUT2D eigenvalue weighted by Gasteiger charge is -2.40. The third-order valence-corrected chi connectivity index (χ3v) is 5.78. The van der Waals surface area contributed by atoms with Crippen molar-refractivity contribution in [2.45, 2.75) is 31.8 Å². The van der Waals surface area contributed by atoms with Crippen molar-refractivity contribution in [2.24, 2.45) is 7.05 Å². The van der Waals surface area contributed by atoms with Crippen molar-refractivity contribution in [3.63, 3.8) is 0 Å². The van der Waals surface area contributed by atoms with Gasteiger partial charge in [0.1, 0.15) is 5.82 Å². The monoisotopic (exact) mass is 394 g/mol. The largest absolute Gasteiger partial charge is 0.363 e. The van der Waals surface area contributed by atoms with Gasteiger partial charge in [-0.15, -0.1) is 0 Å². The number of carbonyl (C=O) groups excluding carboxylic acids is 1. The summed E-state index contributed by atoms with van der Waals surface area (Å²) in [7, 11) is 1.86. The Bertz CT molecular complexity index is 1040. The zero-order valence-corrected chi connectivity index (χ0v) is 16.2. The highest BCUT2D eigenvalue weighted by Crippen LogP contribution is 2.37. The Morgan fingerprint density at radius 3 is 3.03 bits per heavy atom. The van der Waals surface area contributed by atoms with Crippen molar-refractivity contribution in [3.05, 3.63) is 70.6 Å². The molecular formula is C21H23FN6O. The second-order valence-corrected chi connectivity index (χ2v) is 7.68. The van der Waals surface area contributed by atoms with Crippen LogP contribution in [0.15, 0.2) is 42.4 Å². The average Bonchev–Trinajstić information content (AvgIpc) is 3.12. The molecule has 3 aliphatic heterocycles. The maximum absolute atomic E-state index is 14.2. The fourth-order valence-corrected chi connectivity index (χ4v) is 4.45. The maximum atomic E-state index is 14.2. The van der Waals surface area contributed by atoms with E-state index in [0.717, 1.165) is 54.0 Å². The van der Waals surface area contributed by atoms with Crippen molar-refractivity contribution in [1.29, 1.82) is 0 Å². The van der Waals surface area contributed by atoms with Crippen LogP contribution in [-0.2, 0) is 13.6 Å². The van der Waals surface area contributed by atoms with Gasteiger partial charge in [0.05, 0.1) is 29.7 Å². The molecule has 0 radical (unpaired) electrons. The van der Waals surface area contributed by atoms with Crippen LogP contribution in [0.5, 0.6) is 0 Å². The number of carbonyl (C=O) groups is 1. The van der Waals surface area contributed by atoms with E-state index < -0.39 is 0 Å². The van der Waals surface area contributed by atoms with Crippen molar-refractivity contribution >= 4 is 11.6 Å². The van der Waals surface area contributed by atoms with Crippen LogP contribution in [0.3, 0.4) is 0 Å². The number of hydrogen-bond acceptors (Lipinski definition) is 5. The van der Waals surface area contributed by atoms with Crippen molar-refractivity contribution in [3.8, 4) is 0 Å². The fraction of sp³-hybridized carbons (Fsp3) is 0.333. The first-order valence-electron chi connectivity index (χ1n) is 9.91. The summed E-state index contributed by atoms with van der Waals surface area (Å²) in [4.78, 5) is 15.3. The second kappa shape index (κ2) is 6.95. The SMILES string of the molecule is Cn1cc2c(n1)CNC(=O)c1ccc(F)cc1C1CCCCN1C1=CNNC2=C1. The van der Waals surface area contributed by atoms with Gasteiger partial charge in [0.2, 0.25) is 0 Å². The van der Waals surface area contributed by atoms with Crippen LogP contribution in [0.25, 0.3) is 5.70 Å². The van der Waals surface area contributed by atoms with E-state index in [2.05, 4.69) is 32.2 Å². The Balaban J connectivity index is 1.69. The van der Waals surface area contributed by atoms with Crippen LogP contribution in [0.1, 0.15) is 52.5 Å². The first kappa shape index (κ1) is 17.8. The predicted octanol–water partition coefficient (Wildman–Crippen LogP) is 2.32. The van der Waals surface area contributed by atoms with Crippen LogP contribution >= 0.6 is 0 Å². The van der Waals surface area contributed by atoms with E-state index in [4.69, 9.17) is 0 Å². The normalized spacial score (nSPS) is 21.0. The Hall–Kier alpha value is -3.29. The first-order chi connectivity index (χ1) is 14.1. The Morgan fingerprint density at radius 2 is 2.14 bits per heavy atom. The highest BCUT2D eigenvalue weighted by molar-refractivity contribution is 5.96. The number of rotatable bonds is 0. The van der Waals surface area contributed by atoms with Gasteiger partial charge in [-0.1, -0.05) is 0 Å². The number of piperidine rings is 1. The molecule has 3 N–H and O–H groups in total. The minimum Gasteiger partial charge on any atom is -0.363 e. The van der Waals surface area contributed by atoms with E-state index in [1.165, 1.54) is 12.1 Å². The molecule has 2 bridgehead atoms. The summed E-state index contributed by atoms with van der Waals surface area (Å²) in [6.07, 6.45) is 8.92. The third kappa shape index (κ3) is 3.14. The number of nitrogens with zero attached hydrogens (tertiary/aromatic N) is 3. The van der Waals surface area contributed by atoms with Crippen LogP contribution in [-0.4, -0.2) is 27.1 Å². The molecule has 1 unspecified atom stereocenters. The summed E-state index contributed by atoms with van der Waals surface area (Å²) >= 11 is 0. The molecule has 7 nitrogen and oxygen atoms in total. The highest BCUT2D eigenvalue weighted by atomic mass is 19.1. The number of benzene rings is 1. The summed E-state index contributed by atoms with van der Waals surface area (Å²) in [5.41, 5.74) is 11.2. The molecule has 1 atom stereocenters. The summed E-state index contributed by atoms with van der Waals surface area (Å²) < 4.78 is 15.9. The predicted molar refractivity (Wildman–Crippen MR) is 106 cm³/mol. The van der Waals surface area contributed by atoms with E-state index in [0.29, 0.717) is 5.56 Å². The van der Waals surface area contributed by atoms with Crippen LogP contribution in [0.2, 0.25) is 0 Å². The summed E-state index contributed by atoms with van der Waals surface area (Å²) in [5, 5.41) is 7.48. The quantitative estimate of drug-likeness (QED) is 0.640. The number of hydrazine groups is 1. The Kier molecular flexibility index (Phi) is 4.26. The van der Waals surface area contributed by atoms with E-state index in [-0.39, 0.29) is 24.3 Å². The van der Waals surface area contributed by atoms with Gasteiger partial charge < -0.3 is 21.1 Å². The van der Waals surface area contributed by atoms with E-state index >= 15 is 0 Å². The molecule has 1 aromatic carbocycles. The molecular weight excluding hydrogens is 371 g/mol. The summed E-state index contributed by atoms with van der Waals surface area (Å²) in [6, 6.07) is 4.40. The molecule has 0 saturated carbocycles. The van der Waals surface area contributed by atoms with Crippen LogP contribution in [0.4, 0.5) is 4.39 Å². The molecule has 0 spiro atoms. The molecule has 5 rings (SSSR count). The van der Waals surface area contributed by atoms with Gasteiger partial charge >= 0.3 is 0 Å². The number of aryl methyl sites for hydroxylation is 1. The first-order valence-corrected chi connectivity index (χ1v) is 9.91. The Morgan fingerprint density at radius 1 is 1.24 bits per heavy atom. The lowest BCUT2D eigenvalue weighted by atomic mass is 9.90. The van der Waals surface area contributed by atoms with Gasteiger partial charge in [0, 0.05) is 37.1 Å². The second-order valence-electron chi connectivity index (χ2n) is 7.68. The van der Waals surface area contributed by atoms with Crippen LogP contribution in [0, 0.1) is 5.82 Å². The van der Waals surface area contributed by atoms with E-state index in [9.17, 15) is 9.18 Å². The van der Waals surface area contributed by atoms with Crippen LogP contribution < -0.4 is 16.2 Å². The maximum Gasteiger partial charge on any atom is 0.251 e. The molecule has 4 heterocycles.